The van der Waals surface area contributed by atoms with Crippen molar-refractivity contribution in [2.24, 2.45) is 5.73 Å². The van der Waals surface area contributed by atoms with Crippen molar-refractivity contribution in [3.05, 3.63) is 84.2 Å². The van der Waals surface area contributed by atoms with Gasteiger partial charge in [-0.25, -0.2) is 4.68 Å². The zero-order chi connectivity index (χ0) is 18.4. The van der Waals surface area contributed by atoms with E-state index in [1.807, 2.05) is 54.7 Å². The molecule has 1 aromatic heterocycles. The fourth-order valence-corrected chi connectivity index (χ4v) is 2.66. The lowest BCUT2D eigenvalue weighted by atomic mass is 10.1. The van der Waals surface area contributed by atoms with E-state index < -0.39 is 5.91 Å². The third kappa shape index (κ3) is 4.36. The van der Waals surface area contributed by atoms with Crippen LogP contribution in [0.4, 0.5) is 0 Å². The van der Waals surface area contributed by atoms with Crippen LogP contribution in [0.2, 0.25) is 0 Å². The Morgan fingerprint density at radius 2 is 1.73 bits per heavy atom. The highest BCUT2D eigenvalue weighted by atomic mass is 16.2. The first kappa shape index (κ1) is 17.4. The Labute approximate surface area is 151 Å². The van der Waals surface area contributed by atoms with Crippen LogP contribution < -0.4 is 5.73 Å². The summed E-state index contributed by atoms with van der Waals surface area (Å²) < 4.78 is 1.73. The van der Waals surface area contributed by atoms with Crippen LogP contribution in [0.1, 0.15) is 22.3 Å². The molecule has 0 unspecified atom stereocenters. The highest BCUT2D eigenvalue weighted by molar-refractivity contribution is 5.94. The number of amides is 2. The number of benzene rings is 2. The molecule has 0 fully saturated rings. The molecule has 132 valence electrons. The molecule has 0 bridgehead atoms. The molecule has 2 amide bonds. The smallest absolute Gasteiger partial charge is 0.254 e. The molecule has 26 heavy (non-hydrogen) atoms. The van der Waals surface area contributed by atoms with Crippen LogP contribution in [0.15, 0.2) is 73.1 Å². The van der Waals surface area contributed by atoms with Crippen LogP contribution in [0.5, 0.6) is 0 Å². The first-order valence-electron chi connectivity index (χ1n) is 8.35. The van der Waals surface area contributed by atoms with Crippen LogP contribution in [-0.4, -0.2) is 33.0 Å². The van der Waals surface area contributed by atoms with E-state index in [1.54, 1.807) is 27.9 Å². The zero-order valence-corrected chi connectivity index (χ0v) is 14.3. The molecule has 0 atom stereocenters. The fourth-order valence-electron chi connectivity index (χ4n) is 2.66. The summed E-state index contributed by atoms with van der Waals surface area (Å²) in [4.78, 5) is 25.7. The van der Waals surface area contributed by atoms with E-state index >= 15 is 0 Å². The van der Waals surface area contributed by atoms with E-state index in [0.29, 0.717) is 12.1 Å². The summed E-state index contributed by atoms with van der Waals surface area (Å²) in [6.45, 7) is 0.706. The number of aromatic nitrogens is 2. The number of hydrogen-bond acceptors (Lipinski definition) is 3. The Morgan fingerprint density at radius 3 is 2.35 bits per heavy atom. The van der Waals surface area contributed by atoms with Crippen molar-refractivity contribution in [3.8, 4) is 5.69 Å². The summed E-state index contributed by atoms with van der Waals surface area (Å²) in [5, 5.41) is 4.17. The van der Waals surface area contributed by atoms with Gasteiger partial charge in [0.05, 0.1) is 5.69 Å². The minimum absolute atomic E-state index is 0.129. The SMILES string of the molecule is NC(=O)CCN(Cc1ccccc1)C(=O)c1ccc(-n2cccn2)cc1. The lowest BCUT2D eigenvalue weighted by Crippen LogP contribution is -2.33. The summed E-state index contributed by atoms with van der Waals surface area (Å²) in [5.74, 6) is -0.563. The molecule has 6 nitrogen and oxygen atoms in total. The number of carbonyl (C=O) groups is 2. The standard InChI is InChI=1S/C20H20N4O2/c21-19(25)11-14-23(15-16-5-2-1-3-6-16)20(26)17-7-9-18(10-8-17)24-13-4-12-22-24/h1-10,12-13H,11,14-15H2,(H2,21,25). The van der Waals surface area contributed by atoms with E-state index in [0.717, 1.165) is 11.3 Å². The number of primary amides is 1. The molecule has 2 N–H and O–H groups in total. The number of nitrogens with zero attached hydrogens (tertiary/aromatic N) is 3. The van der Waals surface area contributed by atoms with E-state index in [4.69, 9.17) is 5.73 Å². The summed E-state index contributed by atoms with van der Waals surface area (Å²) in [6, 6.07) is 18.7. The molecule has 0 saturated carbocycles. The number of nitrogens with two attached hydrogens (primary N) is 1. The molecule has 0 aliphatic heterocycles. The van der Waals surface area contributed by atoms with Gasteiger partial charge in [-0.1, -0.05) is 30.3 Å². The Bertz CT molecular complexity index is 859. The topological polar surface area (TPSA) is 81.2 Å². The van der Waals surface area contributed by atoms with E-state index in [9.17, 15) is 9.59 Å². The summed E-state index contributed by atoms with van der Waals surface area (Å²) in [7, 11) is 0. The molecule has 0 aliphatic carbocycles. The average Bonchev–Trinajstić information content (AvgIpc) is 3.20. The molecule has 2 aromatic carbocycles. The van der Waals surface area contributed by atoms with Crippen LogP contribution in [-0.2, 0) is 11.3 Å². The third-order valence-corrected chi connectivity index (χ3v) is 4.01. The van der Waals surface area contributed by atoms with Crippen molar-refractivity contribution in [1.29, 1.82) is 0 Å². The van der Waals surface area contributed by atoms with Gasteiger partial charge >= 0.3 is 0 Å². The quantitative estimate of drug-likeness (QED) is 0.712. The van der Waals surface area contributed by atoms with Gasteiger partial charge in [0.1, 0.15) is 0 Å². The van der Waals surface area contributed by atoms with Gasteiger partial charge < -0.3 is 10.6 Å². The average molecular weight is 348 g/mol. The van der Waals surface area contributed by atoms with Crippen molar-refractivity contribution < 1.29 is 9.59 Å². The lowest BCUT2D eigenvalue weighted by Gasteiger charge is -2.22. The van der Waals surface area contributed by atoms with Gasteiger partial charge in [-0.3, -0.25) is 9.59 Å². The second-order valence-corrected chi connectivity index (χ2v) is 5.93. The number of rotatable bonds is 7. The van der Waals surface area contributed by atoms with Gasteiger partial charge in [-0.05, 0) is 35.9 Å². The normalized spacial score (nSPS) is 10.5. The largest absolute Gasteiger partial charge is 0.370 e. The van der Waals surface area contributed by atoms with Gasteiger partial charge in [0.15, 0.2) is 0 Å². The van der Waals surface area contributed by atoms with Crippen LogP contribution in [0.3, 0.4) is 0 Å². The van der Waals surface area contributed by atoms with E-state index in [1.165, 1.54) is 0 Å². The Morgan fingerprint density at radius 1 is 1.00 bits per heavy atom. The van der Waals surface area contributed by atoms with Crippen molar-refractivity contribution >= 4 is 11.8 Å². The predicted octanol–water partition coefficient (Wildman–Crippen LogP) is 2.39. The number of hydrogen-bond donors (Lipinski definition) is 1. The van der Waals surface area contributed by atoms with Gasteiger partial charge in [0.25, 0.3) is 5.91 Å². The van der Waals surface area contributed by atoms with Crippen LogP contribution in [0.25, 0.3) is 5.69 Å². The molecule has 1 heterocycles. The van der Waals surface area contributed by atoms with Crippen molar-refractivity contribution in [2.75, 3.05) is 6.54 Å². The maximum Gasteiger partial charge on any atom is 0.254 e. The lowest BCUT2D eigenvalue weighted by molar-refractivity contribution is -0.118. The second kappa shape index (κ2) is 8.11. The van der Waals surface area contributed by atoms with E-state index in [-0.39, 0.29) is 18.9 Å². The highest BCUT2D eigenvalue weighted by Gasteiger charge is 2.17. The minimum Gasteiger partial charge on any atom is -0.370 e. The Balaban J connectivity index is 1.78. The Kier molecular flexibility index (Phi) is 5.43. The van der Waals surface area contributed by atoms with Crippen molar-refractivity contribution in [2.45, 2.75) is 13.0 Å². The molecular weight excluding hydrogens is 328 g/mol. The summed E-state index contributed by atoms with van der Waals surface area (Å²) in [5.41, 5.74) is 7.69. The zero-order valence-electron chi connectivity index (χ0n) is 14.3. The second-order valence-electron chi connectivity index (χ2n) is 5.93. The van der Waals surface area contributed by atoms with Gasteiger partial charge in [0, 0.05) is 37.5 Å². The molecule has 0 saturated heterocycles. The highest BCUT2D eigenvalue weighted by Crippen LogP contribution is 2.14. The monoisotopic (exact) mass is 348 g/mol. The fraction of sp³-hybridized carbons (Fsp3) is 0.150. The summed E-state index contributed by atoms with van der Waals surface area (Å²) in [6.07, 6.45) is 3.67. The van der Waals surface area contributed by atoms with Crippen LogP contribution in [0, 0.1) is 0 Å². The van der Waals surface area contributed by atoms with Crippen molar-refractivity contribution in [1.82, 2.24) is 14.7 Å². The predicted molar refractivity (Wildman–Crippen MR) is 98.6 cm³/mol. The third-order valence-electron chi connectivity index (χ3n) is 4.01. The molecule has 0 spiro atoms. The number of carbonyl (C=O) groups excluding carboxylic acids is 2. The summed E-state index contributed by atoms with van der Waals surface area (Å²) >= 11 is 0. The van der Waals surface area contributed by atoms with Gasteiger partial charge in [-0.2, -0.15) is 5.10 Å². The maximum atomic E-state index is 12.9. The molecule has 3 rings (SSSR count). The van der Waals surface area contributed by atoms with Crippen molar-refractivity contribution in [3.63, 3.8) is 0 Å². The Hall–Kier alpha value is -3.41. The molecule has 3 aromatic rings. The molecule has 0 radical (unpaired) electrons. The van der Waals surface area contributed by atoms with Gasteiger partial charge in [0.2, 0.25) is 5.91 Å². The molecule has 6 heteroatoms. The van der Waals surface area contributed by atoms with Gasteiger partial charge in [-0.15, -0.1) is 0 Å². The van der Waals surface area contributed by atoms with Crippen LogP contribution >= 0.6 is 0 Å². The van der Waals surface area contributed by atoms with E-state index in [2.05, 4.69) is 5.10 Å². The first-order valence-corrected chi connectivity index (χ1v) is 8.35. The molecular formula is C20H20N4O2. The minimum atomic E-state index is -0.426. The maximum absolute atomic E-state index is 12.9. The first-order chi connectivity index (χ1) is 12.6. The molecule has 0 aliphatic rings.